The van der Waals surface area contributed by atoms with Crippen molar-refractivity contribution in [2.75, 3.05) is 13.1 Å². The third-order valence-corrected chi connectivity index (χ3v) is 4.25. The Bertz CT molecular complexity index is 658. The van der Waals surface area contributed by atoms with E-state index in [0.29, 0.717) is 13.1 Å². The summed E-state index contributed by atoms with van der Waals surface area (Å²) in [5.74, 6) is 0.0407. The topological polar surface area (TPSA) is 58.4 Å². The quantitative estimate of drug-likeness (QED) is 0.935. The predicted octanol–water partition coefficient (Wildman–Crippen LogP) is 1.97. The van der Waals surface area contributed by atoms with E-state index in [9.17, 15) is 9.90 Å². The van der Waals surface area contributed by atoms with Gasteiger partial charge in [0.2, 0.25) is 5.91 Å². The van der Waals surface area contributed by atoms with Gasteiger partial charge in [-0.1, -0.05) is 25.5 Å². The second-order valence-electron chi connectivity index (χ2n) is 5.99. The zero-order chi connectivity index (χ0) is 15.0. The third-order valence-electron chi connectivity index (χ3n) is 4.25. The van der Waals surface area contributed by atoms with Gasteiger partial charge in [-0.2, -0.15) is 0 Å². The number of aromatic nitrogens is 2. The van der Waals surface area contributed by atoms with Crippen LogP contribution in [-0.4, -0.2) is 44.2 Å². The van der Waals surface area contributed by atoms with Gasteiger partial charge in [-0.05, 0) is 25.5 Å². The zero-order valence-corrected chi connectivity index (χ0v) is 12.5. The van der Waals surface area contributed by atoms with E-state index >= 15 is 0 Å². The van der Waals surface area contributed by atoms with E-state index in [1.165, 1.54) is 0 Å². The van der Waals surface area contributed by atoms with Crippen molar-refractivity contribution < 1.29 is 9.90 Å². The summed E-state index contributed by atoms with van der Waals surface area (Å²) < 4.78 is 1.90. The first-order valence-corrected chi connectivity index (χ1v) is 7.47. The summed E-state index contributed by atoms with van der Waals surface area (Å²) in [5.41, 5.74) is 1.17. The van der Waals surface area contributed by atoms with E-state index in [2.05, 4.69) is 4.98 Å². The van der Waals surface area contributed by atoms with Crippen LogP contribution in [0.15, 0.2) is 30.6 Å². The summed E-state index contributed by atoms with van der Waals surface area (Å²) in [6.07, 6.45) is 3.39. The highest BCUT2D eigenvalue weighted by atomic mass is 16.3. The van der Waals surface area contributed by atoms with Gasteiger partial charge in [-0.25, -0.2) is 4.98 Å². The molecule has 5 nitrogen and oxygen atoms in total. The van der Waals surface area contributed by atoms with Crippen molar-refractivity contribution in [3.63, 3.8) is 0 Å². The fourth-order valence-electron chi connectivity index (χ4n) is 3.11. The highest BCUT2D eigenvalue weighted by molar-refractivity contribution is 5.84. The van der Waals surface area contributed by atoms with Gasteiger partial charge in [-0.3, -0.25) is 4.79 Å². The molecule has 1 amide bonds. The van der Waals surface area contributed by atoms with Gasteiger partial charge in [0.1, 0.15) is 6.04 Å². The first kappa shape index (κ1) is 14.1. The number of carbonyl (C=O) groups is 1. The molecule has 1 unspecified atom stereocenters. The Balaban J connectivity index is 1.74. The molecule has 0 aliphatic carbocycles. The summed E-state index contributed by atoms with van der Waals surface area (Å²) >= 11 is 0. The molecule has 0 radical (unpaired) electrons. The summed E-state index contributed by atoms with van der Waals surface area (Å²) in [5, 5.41) is 10.2. The molecule has 21 heavy (non-hydrogen) atoms. The molecule has 5 heteroatoms. The van der Waals surface area contributed by atoms with Crippen molar-refractivity contribution in [2.24, 2.45) is 0 Å². The molecule has 0 bridgehead atoms. The Morgan fingerprint density at radius 3 is 2.86 bits per heavy atom. The molecule has 1 aliphatic rings. The minimum absolute atomic E-state index is 0.0407. The van der Waals surface area contributed by atoms with Gasteiger partial charge in [0, 0.05) is 0 Å². The van der Waals surface area contributed by atoms with Gasteiger partial charge in [-0.15, -0.1) is 0 Å². The maximum atomic E-state index is 12.5. The van der Waals surface area contributed by atoms with E-state index in [4.69, 9.17) is 0 Å². The Labute approximate surface area is 124 Å². The lowest BCUT2D eigenvalue weighted by atomic mass is 9.89. The molecular weight excluding hydrogens is 266 g/mol. The third kappa shape index (κ3) is 2.42. The van der Waals surface area contributed by atoms with Crippen molar-refractivity contribution >= 4 is 16.9 Å². The van der Waals surface area contributed by atoms with E-state index in [0.717, 1.165) is 23.9 Å². The summed E-state index contributed by atoms with van der Waals surface area (Å²) in [7, 11) is 0. The molecule has 0 saturated carbocycles. The monoisotopic (exact) mass is 287 g/mol. The number of amides is 1. The maximum absolute atomic E-state index is 12.5. The molecule has 1 N–H and O–H groups in total. The van der Waals surface area contributed by atoms with Crippen LogP contribution in [0.4, 0.5) is 0 Å². The average Bonchev–Trinajstić information content (AvgIpc) is 2.87. The molecular formula is C16H21N3O2. The summed E-state index contributed by atoms with van der Waals surface area (Å²) in [6.45, 7) is 4.81. The van der Waals surface area contributed by atoms with Crippen LogP contribution in [-0.2, 0) is 4.79 Å². The Hall–Kier alpha value is -1.88. The van der Waals surface area contributed by atoms with E-state index in [-0.39, 0.29) is 11.9 Å². The second kappa shape index (κ2) is 5.15. The number of rotatable bonds is 4. The van der Waals surface area contributed by atoms with Gasteiger partial charge in [0.15, 0.2) is 0 Å². The van der Waals surface area contributed by atoms with E-state index in [1.807, 2.05) is 42.7 Å². The highest BCUT2D eigenvalue weighted by Gasteiger charge is 2.43. The molecule has 1 aromatic heterocycles. The average molecular weight is 287 g/mol. The maximum Gasteiger partial charge on any atom is 0.245 e. The highest BCUT2D eigenvalue weighted by Crippen LogP contribution is 2.28. The molecule has 1 fully saturated rings. The van der Waals surface area contributed by atoms with Crippen LogP contribution in [0.1, 0.15) is 32.7 Å². The molecule has 1 saturated heterocycles. The van der Waals surface area contributed by atoms with Crippen LogP contribution in [0.2, 0.25) is 0 Å². The number of para-hydroxylation sites is 2. The van der Waals surface area contributed by atoms with Crippen molar-refractivity contribution in [3.8, 4) is 0 Å². The van der Waals surface area contributed by atoms with Crippen LogP contribution in [0.3, 0.4) is 0 Å². The minimum atomic E-state index is -0.679. The Morgan fingerprint density at radius 2 is 2.14 bits per heavy atom. The largest absolute Gasteiger partial charge is 0.386 e. The summed E-state index contributed by atoms with van der Waals surface area (Å²) in [4.78, 5) is 18.6. The molecule has 112 valence electrons. The number of hydrogen-bond acceptors (Lipinski definition) is 3. The van der Waals surface area contributed by atoms with E-state index in [1.54, 1.807) is 11.2 Å². The molecule has 1 aromatic carbocycles. The SMILES string of the molecule is CCCC1(O)CN(C(=O)C(C)n2cnc3ccccc32)C1. The fraction of sp³-hybridized carbons (Fsp3) is 0.500. The van der Waals surface area contributed by atoms with Crippen LogP contribution in [0.25, 0.3) is 11.0 Å². The lowest BCUT2D eigenvalue weighted by Gasteiger charge is -2.47. The standard InChI is InChI=1S/C16H21N3O2/c1-3-8-16(21)9-18(10-16)15(20)12(2)19-11-17-13-6-4-5-7-14(13)19/h4-7,11-12,21H,3,8-10H2,1-2H3. The molecule has 1 atom stereocenters. The number of fused-ring (bicyclic) bond motifs is 1. The van der Waals surface area contributed by atoms with Crippen LogP contribution < -0.4 is 0 Å². The van der Waals surface area contributed by atoms with Crippen molar-refractivity contribution in [3.05, 3.63) is 30.6 Å². The van der Waals surface area contributed by atoms with Gasteiger partial charge in [0.05, 0.1) is 36.1 Å². The van der Waals surface area contributed by atoms with Crippen molar-refractivity contribution in [2.45, 2.75) is 38.3 Å². The number of hydrogen-bond donors (Lipinski definition) is 1. The molecule has 2 aromatic rings. The smallest absolute Gasteiger partial charge is 0.245 e. The Morgan fingerprint density at radius 1 is 1.43 bits per heavy atom. The van der Waals surface area contributed by atoms with Crippen LogP contribution in [0, 0.1) is 0 Å². The Kier molecular flexibility index (Phi) is 3.45. The number of aliphatic hydroxyl groups is 1. The number of carbonyl (C=O) groups excluding carboxylic acids is 1. The van der Waals surface area contributed by atoms with Crippen molar-refractivity contribution in [1.29, 1.82) is 0 Å². The molecule has 3 rings (SSSR count). The first-order chi connectivity index (χ1) is 10.0. The lowest BCUT2D eigenvalue weighted by Crippen LogP contribution is -2.64. The van der Waals surface area contributed by atoms with Crippen LogP contribution in [0.5, 0.6) is 0 Å². The zero-order valence-electron chi connectivity index (χ0n) is 12.5. The molecule has 0 spiro atoms. The van der Waals surface area contributed by atoms with Gasteiger partial charge >= 0.3 is 0 Å². The minimum Gasteiger partial charge on any atom is -0.386 e. The summed E-state index contributed by atoms with van der Waals surface area (Å²) in [6, 6.07) is 7.49. The normalized spacial score (nSPS) is 18.5. The molecule has 2 heterocycles. The van der Waals surface area contributed by atoms with Gasteiger partial charge in [0.25, 0.3) is 0 Å². The molecule has 1 aliphatic heterocycles. The lowest BCUT2D eigenvalue weighted by molar-refractivity contribution is -0.159. The predicted molar refractivity (Wildman–Crippen MR) is 80.9 cm³/mol. The van der Waals surface area contributed by atoms with Crippen LogP contribution >= 0.6 is 0 Å². The van der Waals surface area contributed by atoms with Gasteiger partial charge < -0.3 is 14.6 Å². The van der Waals surface area contributed by atoms with E-state index < -0.39 is 5.60 Å². The number of benzene rings is 1. The fourth-order valence-corrected chi connectivity index (χ4v) is 3.11. The number of nitrogens with zero attached hydrogens (tertiary/aromatic N) is 3. The van der Waals surface area contributed by atoms with Crippen molar-refractivity contribution in [1.82, 2.24) is 14.5 Å². The number of imidazole rings is 1. The second-order valence-corrected chi connectivity index (χ2v) is 5.99. The number of β-amino-alcohol motifs (C(OH)–C–C–N with tert-alkyl or cyclic N) is 1. The number of likely N-dealkylation sites (tertiary alicyclic amines) is 1. The first-order valence-electron chi connectivity index (χ1n) is 7.47.